The zero-order chi connectivity index (χ0) is 14.0. The molecule has 104 valence electrons. The van der Waals surface area contributed by atoms with E-state index in [4.69, 9.17) is 10.5 Å². The molecule has 0 rings (SSSR count). The molecule has 0 aromatic rings. The van der Waals surface area contributed by atoms with E-state index in [0.717, 1.165) is 5.70 Å². The van der Waals surface area contributed by atoms with Gasteiger partial charge in [-0.2, -0.15) is 0 Å². The molecular formula is C13H25N3OS. The number of hydrogen-bond donors (Lipinski definition) is 4. The third-order valence-electron chi connectivity index (χ3n) is 2.25. The quantitative estimate of drug-likeness (QED) is 0.275. The van der Waals surface area contributed by atoms with Gasteiger partial charge in [0.15, 0.2) is 0 Å². The second-order valence-corrected chi connectivity index (χ2v) is 4.77. The van der Waals surface area contributed by atoms with Crippen LogP contribution in [0, 0.1) is 0 Å². The fourth-order valence-electron chi connectivity index (χ4n) is 1.01. The molecule has 4 N–H and O–H groups in total. The summed E-state index contributed by atoms with van der Waals surface area (Å²) in [7, 11) is 0. The molecule has 0 radical (unpaired) electrons. The fourth-order valence-corrected chi connectivity index (χ4v) is 1.08. The molecule has 0 aliphatic carbocycles. The van der Waals surface area contributed by atoms with Crippen LogP contribution >= 0.6 is 12.6 Å². The molecule has 0 saturated carbocycles. The van der Waals surface area contributed by atoms with E-state index in [1.54, 1.807) is 6.08 Å². The van der Waals surface area contributed by atoms with E-state index in [9.17, 15) is 0 Å². The molecule has 5 heteroatoms. The topological polar surface area (TPSA) is 59.3 Å². The van der Waals surface area contributed by atoms with Gasteiger partial charge in [0.25, 0.3) is 0 Å². The maximum atomic E-state index is 5.56. The molecular weight excluding hydrogens is 246 g/mol. The minimum atomic E-state index is 0.0897. The smallest absolute Gasteiger partial charge is 0.0972 e. The van der Waals surface area contributed by atoms with Gasteiger partial charge in [-0.05, 0) is 30.9 Å². The Bertz CT molecular complexity index is 292. The van der Waals surface area contributed by atoms with Crippen LogP contribution in [0.3, 0.4) is 0 Å². The summed E-state index contributed by atoms with van der Waals surface area (Å²) in [6, 6.07) is 0.268. The van der Waals surface area contributed by atoms with Gasteiger partial charge in [0.1, 0.15) is 0 Å². The van der Waals surface area contributed by atoms with Crippen LogP contribution in [0.1, 0.15) is 13.8 Å². The average molecular weight is 271 g/mol. The van der Waals surface area contributed by atoms with Gasteiger partial charge in [0, 0.05) is 24.8 Å². The molecule has 0 bridgehead atoms. The van der Waals surface area contributed by atoms with Gasteiger partial charge in [-0.15, -0.1) is 12.6 Å². The molecule has 0 spiro atoms. The van der Waals surface area contributed by atoms with Crippen LogP contribution < -0.4 is 16.4 Å². The van der Waals surface area contributed by atoms with Crippen LogP contribution in [0.4, 0.5) is 0 Å². The van der Waals surface area contributed by atoms with Crippen molar-refractivity contribution >= 4 is 12.6 Å². The Morgan fingerprint density at radius 3 is 2.61 bits per heavy atom. The van der Waals surface area contributed by atoms with Gasteiger partial charge < -0.3 is 15.8 Å². The lowest BCUT2D eigenvalue weighted by Gasteiger charge is -2.17. The molecule has 18 heavy (non-hydrogen) atoms. The highest BCUT2D eigenvalue weighted by molar-refractivity contribution is 7.84. The lowest BCUT2D eigenvalue weighted by atomic mass is 10.3. The van der Waals surface area contributed by atoms with Crippen LogP contribution in [-0.2, 0) is 4.74 Å². The van der Waals surface area contributed by atoms with Crippen molar-refractivity contribution in [1.29, 1.82) is 0 Å². The lowest BCUT2D eigenvalue weighted by Crippen LogP contribution is -2.37. The van der Waals surface area contributed by atoms with E-state index >= 15 is 0 Å². The van der Waals surface area contributed by atoms with Crippen molar-refractivity contribution in [2.24, 2.45) is 5.73 Å². The molecule has 0 aliphatic heterocycles. The van der Waals surface area contributed by atoms with Crippen LogP contribution in [0.15, 0.2) is 35.9 Å². The Balaban J connectivity index is 3.67. The molecule has 0 amide bonds. The van der Waals surface area contributed by atoms with Gasteiger partial charge in [-0.3, -0.25) is 5.32 Å². The van der Waals surface area contributed by atoms with E-state index < -0.39 is 0 Å². The van der Waals surface area contributed by atoms with E-state index in [2.05, 4.69) is 36.4 Å². The van der Waals surface area contributed by atoms with Gasteiger partial charge >= 0.3 is 0 Å². The molecule has 0 aromatic carbocycles. The summed E-state index contributed by atoms with van der Waals surface area (Å²) in [5.74, 6) is 0. The van der Waals surface area contributed by atoms with Gasteiger partial charge in [0.2, 0.25) is 0 Å². The van der Waals surface area contributed by atoms with Gasteiger partial charge in [0.05, 0.1) is 12.8 Å². The first-order chi connectivity index (χ1) is 8.45. The summed E-state index contributed by atoms with van der Waals surface area (Å²) in [5.41, 5.74) is 6.29. The molecule has 0 saturated heterocycles. The first-order valence-corrected chi connectivity index (χ1v) is 6.44. The van der Waals surface area contributed by atoms with E-state index in [1.807, 2.05) is 19.9 Å². The van der Waals surface area contributed by atoms with Crippen LogP contribution in [0.2, 0.25) is 0 Å². The minimum Gasteiger partial charge on any atom is -0.383 e. The Labute approximate surface area is 116 Å². The first-order valence-electron chi connectivity index (χ1n) is 5.99. The summed E-state index contributed by atoms with van der Waals surface area (Å²) in [6.07, 6.45) is 3.71. The van der Waals surface area contributed by atoms with Crippen molar-refractivity contribution in [3.05, 3.63) is 35.9 Å². The summed E-state index contributed by atoms with van der Waals surface area (Å²) in [4.78, 5) is 0.697. The normalized spacial score (nSPS) is 14.4. The predicted molar refractivity (Wildman–Crippen MR) is 81.5 cm³/mol. The Morgan fingerprint density at radius 1 is 1.39 bits per heavy atom. The summed E-state index contributed by atoms with van der Waals surface area (Å²) < 4.78 is 5.56. The molecule has 4 nitrogen and oxygen atoms in total. The number of rotatable bonds is 10. The maximum Gasteiger partial charge on any atom is 0.0972 e. The van der Waals surface area contributed by atoms with Gasteiger partial charge in [-0.1, -0.05) is 13.2 Å². The second-order valence-electron chi connectivity index (χ2n) is 4.19. The number of hydrogen-bond acceptors (Lipinski definition) is 5. The summed E-state index contributed by atoms with van der Waals surface area (Å²) in [5, 5.41) is 6.31. The van der Waals surface area contributed by atoms with Crippen molar-refractivity contribution in [3.8, 4) is 0 Å². The van der Waals surface area contributed by atoms with Crippen molar-refractivity contribution in [3.63, 3.8) is 0 Å². The highest BCUT2D eigenvalue weighted by atomic mass is 32.1. The van der Waals surface area contributed by atoms with Crippen molar-refractivity contribution < 1.29 is 4.74 Å². The Kier molecular flexibility index (Phi) is 9.77. The molecule has 0 heterocycles. The molecule has 0 aliphatic rings. The van der Waals surface area contributed by atoms with E-state index in [1.165, 1.54) is 0 Å². The number of ether oxygens (including phenoxy) is 1. The van der Waals surface area contributed by atoms with Crippen LogP contribution in [0.25, 0.3) is 0 Å². The highest BCUT2D eigenvalue weighted by Crippen LogP contribution is 1.99. The lowest BCUT2D eigenvalue weighted by molar-refractivity contribution is 0.0499. The van der Waals surface area contributed by atoms with Crippen LogP contribution in [-0.4, -0.2) is 32.0 Å². The van der Waals surface area contributed by atoms with Gasteiger partial charge in [-0.25, -0.2) is 0 Å². The highest BCUT2D eigenvalue weighted by Gasteiger charge is 2.02. The third kappa shape index (κ3) is 10.4. The molecule has 0 unspecified atom stereocenters. The van der Waals surface area contributed by atoms with Crippen molar-refractivity contribution in [2.75, 3.05) is 19.8 Å². The van der Waals surface area contributed by atoms with E-state index in [0.29, 0.717) is 24.7 Å². The monoisotopic (exact) mass is 271 g/mol. The minimum absolute atomic E-state index is 0.0897. The third-order valence-corrected chi connectivity index (χ3v) is 2.40. The summed E-state index contributed by atoms with van der Waals surface area (Å²) in [6.45, 7) is 13.3. The molecule has 2 atom stereocenters. The zero-order valence-corrected chi connectivity index (χ0v) is 12.2. The Hall–Kier alpha value is -0.750. The van der Waals surface area contributed by atoms with Crippen LogP contribution in [0.5, 0.6) is 0 Å². The van der Waals surface area contributed by atoms with Crippen molar-refractivity contribution in [1.82, 2.24) is 10.6 Å². The number of nitrogens with one attached hydrogen (secondary N) is 2. The Morgan fingerprint density at radius 2 is 2.06 bits per heavy atom. The largest absolute Gasteiger partial charge is 0.383 e. The fraction of sp³-hybridized carbons (Fsp3) is 0.538. The zero-order valence-electron chi connectivity index (χ0n) is 11.3. The number of thiol groups is 1. The predicted octanol–water partition coefficient (Wildman–Crippen LogP) is 1.39. The number of nitrogens with two attached hydrogens (primary N) is 1. The SMILES string of the molecule is C=C(S)/C=C\C(=C)NC[C@@H](C)OCN[C@H](C)CN. The first kappa shape index (κ1) is 17.2. The van der Waals surface area contributed by atoms with E-state index in [-0.39, 0.29) is 12.1 Å². The molecule has 0 aromatic heterocycles. The maximum absolute atomic E-state index is 5.56. The average Bonchev–Trinajstić information content (AvgIpc) is 2.33. The second kappa shape index (κ2) is 10.2. The van der Waals surface area contributed by atoms with Crippen molar-refractivity contribution in [2.45, 2.75) is 26.0 Å². The standard InChI is InChI=1S/C13H25N3OS/c1-10(5-6-13(4)18)15-8-12(3)17-9-16-11(2)7-14/h5-6,11-12,15-16,18H,1,4,7-9,14H2,2-3H3/b6-5-/t11-,12-/m1/s1. The number of allylic oxidation sites excluding steroid dienone is 2. The summed E-state index contributed by atoms with van der Waals surface area (Å²) >= 11 is 4.06. The molecule has 0 fully saturated rings.